The van der Waals surface area contributed by atoms with E-state index in [0.717, 1.165) is 0 Å². The largest absolute Gasteiger partial charge is 0.346 e. The third-order valence-electron chi connectivity index (χ3n) is 1.12. The van der Waals surface area contributed by atoms with Crippen molar-refractivity contribution < 1.29 is 19.5 Å². The first-order valence-corrected chi connectivity index (χ1v) is 4.79. The average molecular weight is 181 g/mol. The molecule has 6 heteroatoms. The van der Waals surface area contributed by atoms with Crippen LogP contribution in [0.1, 0.15) is 13.3 Å². The molecular formula is C5H12NO4P. The molecule has 0 aliphatic carbocycles. The number of rotatable bonds is 4. The molecule has 0 aliphatic rings. The highest BCUT2D eigenvalue weighted by molar-refractivity contribution is 7.37. The van der Waals surface area contributed by atoms with Crippen molar-refractivity contribution in [1.29, 1.82) is 0 Å². The van der Waals surface area contributed by atoms with Crippen LogP contribution < -0.4 is 0 Å². The lowest BCUT2D eigenvalue weighted by Gasteiger charge is -2.10. The Morgan fingerprint density at radius 3 is 2.55 bits per heavy atom. The van der Waals surface area contributed by atoms with Crippen LogP contribution in [0.5, 0.6) is 0 Å². The van der Waals surface area contributed by atoms with E-state index in [9.17, 15) is 9.36 Å². The van der Waals surface area contributed by atoms with Crippen LogP contribution in [0.3, 0.4) is 0 Å². The van der Waals surface area contributed by atoms with Crippen molar-refractivity contribution >= 4 is 13.9 Å². The van der Waals surface area contributed by atoms with Gasteiger partial charge in [0.1, 0.15) is 0 Å². The Morgan fingerprint density at radius 1 is 1.64 bits per heavy atom. The summed E-state index contributed by atoms with van der Waals surface area (Å²) >= 11 is 0. The van der Waals surface area contributed by atoms with Crippen LogP contribution in [0.15, 0.2) is 0 Å². The van der Waals surface area contributed by atoms with E-state index in [-0.39, 0.29) is 12.7 Å². The van der Waals surface area contributed by atoms with Gasteiger partial charge in [-0.3, -0.25) is 14.6 Å². The van der Waals surface area contributed by atoms with E-state index in [2.05, 4.69) is 0 Å². The minimum absolute atomic E-state index is 0.117. The second-order valence-corrected chi connectivity index (χ2v) is 3.43. The third-order valence-corrected chi connectivity index (χ3v) is 1.91. The fourth-order valence-corrected chi connectivity index (χ4v) is 0.998. The lowest BCUT2D eigenvalue weighted by atomic mass is 10.4. The van der Waals surface area contributed by atoms with E-state index in [4.69, 9.17) is 10.1 Å². The predicted octanol–water partition coefficient (Wildman–Crippen LogP) is 0.0812. The molecule has 0 saturated heterocycles. The number of hydrogen-bond acceptors (Lipinski definition) is 3. The van der Waals surface area contributed by atoms with Crippen LogP contribution in [0.2, 0.25) is 0 Å². The number of hydroxylamine groups is 2. The summed E-state index contributed by atoms with van der Waals surface area (Å²) in [4.78, 5) is 18.7. The highest BCUT2D eigenvalue weighted by Crippen LogP contribution is 2.13. The van der Waals surface area contributed by atoms with Crippen LogP contribution in [0.25, 0.3) is 0 Å². The minimum atomic E-state index is -2.45. The number of carbonyl (C=O) groups excluding carboxylic acids is 1. The first-order chi connectivity index (χ1) is 5.04. The SMILES string of the molecule is CC(=O)N(O)CCC[PH](=O)O. The molecule has 66 valence electrons. The smallest absolute Gasteiger partial charge is 0.242 e. The van der Waals surface area contributed by atoms with Gasteiger partial charge in [-0.25, -0.2) is 5.06 Å². The van der Waals surface area contributed by atoms with E-state index >= 15 is 0 Å². The quantitative estimate of drug-likeness (QED) is 0.366. The molecule has 0 bridgehead atoms. The van der Waals surface area contributed by atoms with Gasteiger partial charge in [-0.1, -0.05) is 0 Å². The molecule has 0 rings (SSSR count). The second kappa shape index (κ2) is 5.29. The van der Waals surface area contributed by atoms with Gasteiger partial charge in [0, 0.05) is 19.6 Å². The normalized spacial score (nSPS) is 12.6. The number of hydrogen-bond donors (Lipinski definition) is 2. The van der Waals surface area contributed by atoms with Gasteiger partial charge in [0.05, 0.1) is 0 Å². The Balaban J connectivity index is 3.39. The molecule has 0 fully saturated rings. The molecule has 11 heavy (non-hydrogen) atoms. The third kappa shape index (κ3) is 6.04. The Bertz CT molecular complexity index is 161. The van der Waals surface area contributed by atoms with Crippen molar-refractivity contribution in [3.63, 3.8) is 0 Å². The molecule has 5 nitrogen and oxygen atoms in total. The Morgan fingerprint density at radius 2 is 2.18 bits per heavy atom. The summed E-state index contributed by atoms with van der Waals surface area (Å²) in [6, 6.07) is 0. The molecule has 0 aliphatic heterocycles. The Kier molecular flexibility index (Phi) is 5.11. The molecule has 0 aromatic heterocycles. The highest BCUT2D eigenvalue weighted by atomic mass is 31.1. The van der Waals surface area contributed by atoms with Gasteiger partial charge >= 0.3 is 0 Å². The van der Waals surface area contributed by atoms with E-state index in [1.807, 2.05) is 0 Å². The van der Waals surface area contributed by atoms with Crippen molar-refractivity contribution in [3.05, 3.63) is 0 Å². The lowest BCUT2D eigenvalue weighted by Crippen LogP contribution is -2.25. The van der Waals surface area contributed by atoms with Crippen molar-refractivity contribution in [2.45, 2.75) is 13.3 Å². The molecule has 1 unspecified atom stereocenters. The van der Waals surface area contributed by atoms with Crippen molar-refractivity contribution in [1.82, 2.24) is 5.06 Å². The zero-order chi connectivity index (χ0) is 8.85. The van der Waals surface area contributed by atoms with E-state index in [1.165, 1.54) is 6.92 Å². The lowest BCUT2D eigenvalue weighted by molar-refractivity contribution is -0.162. The molecule has 1 atom stereocenters. The predicted molar refractivity (Wildman–Crippen MR) is 39.9 cm³/mol. The highest BCUT2D eigenvalue weighted by Gasteiger charge is 2.03. The van der Waals surface area contributed by atoms with E-state index in [0.29, 0.717) is 11.5 Å². The maximum atomic E-state index is 10.4. The summed E-state index contributed by atoms with van der Waals surface area (Å²) < 4.78 is 10.2. The molecule has 0 aromatic carbocycles. The maximum absolute atomic E-state index is 10.4. The molecule has 0 aromatic rings. The van der Waals surface area contributed by atoms with Gasteiger partial charge < -0.3 is 4.89 Å². The number of carbonyl (C=O) groups is 1. The Hall–Kier alpha value is -0.380. The summed E-state index contributed by atoms with van der Waals surface area (Å²) in [5.41, 5.74) is 0. The number of nitrogens with zero attached hydrogens (tertiary/aromatic N) is 1. The first-order valence-electron chi connectivity index (χ1n) is 3.23. The minimum Gasteiger partial charge on any atom is -0.346 e. The topological polar surface area (TPSA) is 77.8 Å². The van der Waals surface area contributed by atoms with Gasteiger partial charge in [-0.2, -0.15) is 0 Å². The van der Waals surface area contributed by atoms with Gasteiger partial charge in [-0.05, 0) is 6.42 Å². The summed E-state index contributed by atoms with van der Waals surface area (Å²) in [5, 5.41) is 9.28. The van der Waals surface area contributed by atoms with Crippen LogP contribution >= 0.6 is 8.03 Å². The number of amides is 1. The van der Waals surface area contributed by atoms with E-state index < -0.39 is 13.9 Å². The molecular weight excluding hydrogens is 169 g/mol. The van der Waals surface area contributed by atoms with Crippen LogP contribution in [0.4, 0.5) is 0 Å². The van der Waals surface area contributed by atoms with Gasteiger partial charge in [0.2, 0.25) is 5.91 Å². The molecule has 0 spiro atoms. The Labute approximate surface area is 65.5 Å². The maximum Gasteiger partial charge on any atom is 0.242 e. The summed E-state index contributed by atoms with van der Waals surface area (Å²) in [7, 11) is -2.45. The monoisotopic (exact) mass is 181 g/mol. The van der Waals surface area contributed by atoms with Crippen molar-refractivity contribution in [3.8, 4) is 0 Å². The molecule has 0 saturated carbocycles. The first kappa shape index (κ1) is 10.6. The van der Waals surface area contributed by atoms with Gasteiger partial charge in [0.25, 0.3) is 0 Å². The zero-order valence-electron chi connectivity index (χ0n) is 6.28. The fraction of sp³-hybridized carbons (Fsp3) is 0.800. The standard InChI is InChI=1S/C5H12NO4P/c1-5(7)6(8)3-2-4-11(9)10/h8,11H,2-4H2,1H3,(H,9,10). The van der Waals surface area contributed by atoms with Crippen LogP contribution in [0, 0.1) is 0 Å². The van der Waals surface area contributed by atoms with Crippen molar-refractivity contribution in [2.75, 3.05) is 12.7 Å². The average Bonchev–Trinajstić information content (AvgIpc) is 1.86. The van der Waals surface area contributed by atoms with E-state index in [1.54, 1.807) is 0 Å². The zero-order valence-corrected chi connectivity index (χ0v) is 7.28. The van der Waals surface area contributed by atoms with Gasteiger partial charge in [-0.15, -0.1) is 0 Å². The molecule has 0 heterocycles. The summed E-state index contributed by atoms with van der Waals surface area (Å²) in [6.45, 7) is 1.34. The molecule has 0 radical (unpaired) electrons. The summed E-state index contributed by atoms with van der Waals surface area (Å²) in [5.74, 6) is -0.456. The van der Waals surface area contributed by atoms with Crippen LogP contribution in [-0.2, 0) is 9.36 Å². The molecule has 2 N–H and O–H groups in total. The fourth-order valence-electron chi connectivity index (χ4n) is 0.537. The second-order valence-electron chi connectivity index (χ2n) is 2.14. The van der Waals surface area contributed by atoms with Crippen LogP contribution in [-0.4, -0.2) is 33.8 Å². The van der Waals surface area contributed by atoms with Crippen molar-refractivity contribution in [2.24, 2.45) is 0 Å². The molecule has 1 amide bonds. The van der Waals surface area contributed by atoms with Gasteiger partial charge in [0.15, 0.2) is 8.03 Å². The summed E-state index contributed by atoms with van der Waals surface area (Å²) in [6.07, 6.45) is 0.499.